The van der Waals surface area contributed by atoms with Crippen LogP contribution >= 0.6 is 0 Å². The van der Waals surface area contributed by atoms with Crippen molar-refractivity contribution in [3.8, 4) is 0 Å². The Balaban J connectivity index is 1.45. The minimum absolute atomic E-state index is 0.0951. The average molecular weight is 381 g/mol. The van der Waals surface area contributed by atoms with Crippen molar-refractivity contribution in [3.63, 3.8) is 0 Å². The van der Waals surface area contributed by atoms with Crippen LogP contribution in [0, 0.1) is 0 Å². The largest absolute Gasteiger partial charge is 0.337 e. The van der Waals surface area contributed by atoms with Gasteiger partial charge in [-0.05, 0) is 37.8 Å². The Morgan fingerprint density at radius 2 is 1.93 bits per heavy atom. The Morgan fingerprint density at radius 1 is 1.18 bits per heavy atom. The zero-order chi connectivity index (χ0) is 19.6. The molecular formula is C21H27N5O2. The van der Waals surface area contributed by atoms with Crippen LogP contribution < -0.4 is 5.32 Å². The van der Waals surface area contributed by atoms with Gasteiger partial charge in [0.15, 0.2) is 0 Å². The summed E-state index contributed by atoms with van der Waals surface area (Å²) in [5.74, 6) is 0.0801. The van der Waals surface area contributed by atoms with Gasteiger partial charge in [0.2, 0.25) is 11.8 Å². The van der Waals surface area contributed by atoms with Gasteiger partial charge >= 0.3 is 0 Å². The standard InChI is InChI=1S/C21H27N5O2/c1-24-15-18(13-22-24)23-19(27)16-26-12-6-10-21(26)9-5-11-25(20(21)28)14-17-7-3-2-4-8-17/h2-4,7-8,13,15H,5-6,9-12,14,16H2,1H3,(H,23,27). The molecule has 4 rings (SSSR count). The lowest BCUT2D eigenvalue weighted by molar-refractivity contribution is -0.148. The molecule has 2 fully saturated rings. The molecule has 1 N–H and O–H groups in total. The summed E-state index contributed by atoms with van der Waals surface area (Å²) in [5, 5.41) is 6.96. The highest BCUT2D eigenvalue weighted by atomic mass is 16.2. The quantitative estimate of drug-likeness (QED) is 0.860. The first kappa shape index (κ1) is 18.7. The van der Waals surface area contributed by atoms with E-state index in [0.717, 1.165) is 44.3 Å². The Labute approximate surface area is 165 Å². The second kappa shape index (κ2) is 7.75. The van der Waals surface area contributed by atoms with Gasteiger partial charge < -0.3 is 10.2 Å². The number of anilines is 1. The maximum Gasteiger partial charge on any atom is 0.243 e. The van der Waals surface area contributed by atoms with Crippen LogP contribution in [0.25, 0.3) is 0 Å². The van der Waals surface area contributed by atoms with Gasteiger partial charge in [-0.3, -0.25) is 19.2 Å². The number of benzene rings is 1. The van der Waals surface area contributed by atoms with E-state index in [1.165, 1.54) is 0 Å². The number of aromatic nitrogens is 2. The summed E-state index contributed by atoms with van der Waals surface area (Å²) >= 11 is 0. The third-order valence-electron chi connectivity index (χ3n) is 5.87. The maximum absolute atomic E-state index is 13.4. The maximum atomic E-state index is 13.4. The summed E-state index contributed by atoms with van der Waals surface area (Å²) in [7, 11) is 1.81. The summed E-state index contributed by atoms with van der Waals surface area (Å²) in [4.78, 5) is 30.1. The summed E-state index contributed by atoms with van der Waals surface area (Å²) in [6.45, 7) is 2.44. The molecule has 7 nitrogen and oxygen atoms in total. The highest BCUT2D eigenvalue weighted by molar-refractivity contribution is 5.93. The molecule has 3 heterocycles. The number of piperidine rings is 1. The van der Waals surface area contributed by atoms with Crippen molar-refractivity contribution in [2.75, 3.05) is 25.0 Å². The van der Waals surface area contributed by atoms with E-state index in [4.69, 9.17) is 0 Å². The van der Waals surface area contributed by atoms with E-state index in [1.54, 1.807) is 17.1 Å². The van der Waals surface area contributed by atoms with Crippen LogP contribution in [-0.2, 0) is 23.2 Å². The molecule has 2 amide bonds. The molecule has 7 heteroatoms. The fraction of sp³-hybridized carbons (Fsp3) is 0.476. The molecule has 2 aliphatic heterocycles. The predicted molar refractivity (Wildman–Crippen MR) is 106 cm³/mol. The number of aryl methyl sites for hydroxylation is 1. The van der Waals surface area contributed by atoms with Crippen LogP contribution in [0.5, 0.6) is 0 Å². The van der Waals surface area contributed by atoms with Crippen LogP contribution in [0.2, 0.25) is 0 Å². The molecule has 2 saturated heterocycles. The zero-order valence-electron chi connectivity index (χ0n) is 16.3. The lowest BCUT2D eigenvalue weighted by atomic mass is 9.85. The summed E-state index contributed by atoms with van der Waals surface area (Å²) in [6, 6.07) is 10.1. The molecular weight excluding hydrogens is 354 g/mol. The third kappa shape index (κ3) is 3.67. The lowest BCUT2D eigenvalue weighted by Gasteiger charge is -2.44. The number of nitrogens with zero attached hydrogens (tertiary/aromatic N) is 4. The Kier molecular flexibility index (Phi) is 5.17. The van der Waals surface area contributed by atoms with Crippen LogP contribution in [0.3, 0.4) is 0 Å². The van der Waals surface area contributed by atoms with Crippen molar-refractivity contribution in [3.05, 3.63) is 48.3 Å². The molecule has 1 spiro atoms. The number of likely N-dealkylation sites (tertiary alicyclic amines) is 2. The molecule has 1 aromatic carbocycles. The summed E-state index contributed by atoms with van der Waals surface area (Å²) < 4.78 is 1.65. The van der Waals surface area contributed by atoms with Gasteiger partial charge in [-0.25, -0.2) is 0 Å². The molecule has 1 unspecified atom stereocenters. The summed E-state index contributed by atoms with van der Waals surface area (Å²) in [6.07, 6.45) is 6.98. The van der Waals surface area contributed by atoms with Crippen molar-refractivity contribution >= 4 is 17.5 Å². The van der Waals surface area contributed by atoms with Gasteiger partial charge in [0.05, 0.1) is 18.4 Å². The number of hydrogen-bond acceptors (Lipinski definition) is 4. The van der Waals surface area contributed by atoms with Gasteiger partial charge in [-0.2, -0.15) is 5.10 Å². The van der Waals surface area contributed by atoms with E-state index >= 15 is 0 Å². The molecule has 28 heavy (non-hydrogen) atoms. The molecule has 1 aromatic heterocycles. The van der Waals surface area contributed by atoms with Gasteiger partial charge in [0.1, 0.15) is 5.54 Å². The Morgan fingerprint density at radius 3 is 2.64 bits per heavy atom. The fourth-order valence-electron chi connectivity index (χ4n) is 4.57. The second-order valence-electron chi connectivity index (χ2n) is 7.82. The molecule has 0 radical (unpaired) electrons. The van der Waals surface area contributed by atoms with Crippen LogP contribution in [-0.4, -0.2) is 56.6 Å². The van der Waals surface area contributed by atoms with E-state index in [0.29, 0.717) is 12.2 Å². The Bertz CT molecular complexity index is 849. The van der Waals surface area contributed by atoms with Crippen molar-refractivity contribution in [1.29, 1.82) is 0 Å². The SMILES string of the molecule is Cn1cc(NC(=O)CN2CCCC23CCCN(Cc2ccccc2)C3=O)cn1. The highest BCUT2D eigenvalue weighted by Gasteiger charge is 2.51. The highest BCUT2D eigenvalue weighted by Crippen LogP contribution is 2.38. The molecule has 0 bridgehead atoms. The van der Waals surface area contributed by atoms with E-state index in [9.17, 15) is 9.59 Å². The van der Waals surface area contributed by atoms with E-state index < -0.39 is 5.54 Å². The van der Waals surface area contributed by atoms with Gasteiger partial charge in [-0.1, -0.05) is 30.3 Å². The molecule has 1 atom stereocenters. The zero-order valence-corrected chi connectivity index (χ0v) is 16.3. The van der Waals surface area contributed by atoms with Crippen molar-refractivity contribution in [2.24, 2.45) is 7.05 Å². The second-order valence-corrected chi connectivity index (χ2v) is 7.82. The fourth-order valence-corrected chi connectivity index (χ4v) is 4.57. The van der Waals surface area contributed by atoms with E-state index in [1.807, 2.05) is 30.1 Å². The van der Waals surface area contributed by atoms with Crippen LogP contribution in [0.4, 0.5) is 5.69 Å². The van der Waals surface area contributed by atoms with Gasteiger partial charge in [0.25, 0.3) is 0 Å². The third-order valence-corrected chi connectivity index (χ3v) is 5.87. The normalized spacial score (nSPS) is 22.8. The molecule has 2 aromatic rings. The number of nitrogens with one attached hydrogen (secondary N) is 1. The number of hydrogen-bond donors (Lipinski definition) is 1. The number of rotatable bonds is 5. The van der Waals surface area contributed by atoms with Gasteiger partial charge in [0, 0.05) is 26.3 Å². The van der Waals surface area contributed by atoms with Crippen LogP contribution in [0.1, 0.15) is 31.2 Å². The Hall–Kier alpha value is -2.67. The van der Waals surface area contributed by atoms with E-state index in [2.05, 4.69) is 27.4 Å². The molecule has 148 valence electrons. The summed E-state index contributed by atoms with van der Waals surface area (Å²) in [5.41, 5.74) is 1.30. The van der Waals surface area contributed by atoms with Gasteiger partial charge in [-0.15, -0.1) is 0 Å². The molecule has 0 aliphatic carbocycles. The van der Waals surface area contributed by atoms with E-state index in [-0.39, 0.29) is 18.4 Å². The first-order chi connectivity index (χ1) is 13.6. The monoisotopic (exact) mass is 381 g/mol. The molecule has 2 aliphatic rings. The minimum Gasteiger partial charge on any atom is -0.337 e. The molecule has 0 saturated carbocycles. The first-order valence-corrected chi connectivity index (χ1v) is 9.94. The van der Waals surface area contributed by atoms with Crippen molar-refractivity contribution < 1.29 is 9.59 Å². The number of carbonyl (C=O) groups is 2. The topological polar surface area (TPSA) is 70.5 Å². The average Bonchev–Trinajstić information content (AvgIpc) is 3.27. The smallest absolute Gasteiger partial charge is 0.243 e. The first-order valence-electron chi connectivity index (χ1n) is 9.94. The number of amides is 2. The van der Waals surface area contributed by atoms with Crippen molar-refractivity contribution in [1.82, 2.24) is 19.6 Å². The lowest BCUT2D eigenvalue weighted by Crippen LogP contribution is -2.60. The number of carbonyl (C=O) groups excluding carboxylic acids is 2. The minimum atomic E-state index is -0.528. The predicted octanol–water partition coefficient (Wildman–Crippen LogP) is 2.02. The van der Waals surface area contributed by atoms with Crippen LogP contribution in [0.15, 0.2) is 42.7 Å². The van der Waals surface area contributed by atoms with Crippen molar-refractivity contribution in [2.45, 2.75) is 37.8 Å².